The summed E-state index contributed by atoms with van der Waals surface area (Å²) < 4.78 is 6.72. The number of aromatic hydroxyl groups is 2. The number of aryl methyl sites for hydroxylation is 1. The summed E-state index contributed by atoms with van der Waals surface area (Å²) in [5.74, 6) is -1.16. The Hall–Kier alpha value is -2.54. The number of nitrogens with one attached hydrogen (secondary N) is 1. The number of amides is 1. The zero-order chi connectivity index (χ0) is 15.4. The lowest BCUT2D eigenvalue weighted by molar-refractivity contribution is 0.0887. The van der Waals surface area contributed by atoms with E-state index in [4.69, 9.17) is 4.74 Å². The molecule has 0 aliphatic carbocycles. The predicted molar refractivity (Wildman–Crippen MR) is 75.1 cm³/mol. The van der Waals surface area contributed by atoms with Gasteiger partial charge in [0.1, 0.15) is 17.1 Å². The van der Waals surface area contributed by atoms with Crippen LogP contribution in [0.2, 0.25) is 0 Å². The van der Waals surface area contributed by atoms with Gasteiger partial charge in [0, 0.05) is 20.4 Å². The number of hydrogen-bond donors (Lipinski definition) is 3. The van der Waals surface area contributed by atoms with Gasteiger partial charge in [-0.1, -0.05) is 6.07 Å². The van der Waals surface area contributed by atoms with E-state index >= 15 is 0 Å². The summed E-state index contributed by atoms with van der Waals surface area (Å²) in [6.07, 6.45) is 1.61. The molecule has 1 unspecified atom stereocenters. The lowest BCUT2D eigenvalue weighted by atomic mass is 10.1. The van der Waals surface area contributed by atoms with Crippen LogP contribution in [0.5, 0.6) is 11.5 Å². The monoisotopic (exact) mass is 291 g/mol. The Morgan fingerprint density at radius 1 is 1.38 bits per heavy atom. The predicted octanol–water partition coefficient (Wildman–Crippen LogP) is 0.949. The summed E-state index contributed by atoms with van der Waals surface area (Å²) in [4.78, 5) is 12.3. The fourth-order valence-corrected chi connectivity index (χ4v) is 2.08. The summed E-state index contributed by atoms with van der Waals surface area (Å²) in [7, 11) is 3.27. The van der Waals surface area contributed by atoms with Gasteiger partial charge in [-0.25, -0.2) is 0 Å². The van der Waals surface area contributed by atoms with Crippen molar-refractivity contribution in [2.24, 2.45) is 7.05 Å². The largest absolute Gasteiger partial charge is 0.507 e. The number of phenols is 2. The van der Waals surface area contributed by atoms with Gasteiger partial charge in [-0.15, -0.1) is 0 Å². The first-order valence-corrected chi connectivity index (χ1v) is 6.33. The number of carbonyl (C=O) groups excluding carboxylic acids is 1. The fraction of sp³-hybridized carbons (Fsp3) is 0.286. The van der Waals surface area contributed by atoms with Gasteiger partial charge in [-0.3, -0.25) is 9.48 Å². The molecule has 7 nitrogen and oxygen atoms in total. The highest BCUT2D eigenvalue weighted by molar-refractivity contribution is 5.99. The molecule has 0 fully saturated rings. The van der Waals surface area contributed by atoms with Crippen LogP contribution >= 0.6 is 0 Å². The smallest absolute Gasteiger partial charge is 0.259 e. The van der Waals surface area contributed by atoms with Crippen molar-refractivity contribution in [1.29, 1.82) is 0 Å². The first-order chi connectivity index (χ1) is 10.0. The van der Waals surface area contributed by atoms with Crippen LogP contribution in [0, 0.1) is 0 Å². The van der Waals surface area contributed by atoms with Crippen LogP contribution in [0.4, 0.5) is 0 Å². The maximum absolute atomic E-state index is 12.3. The van der Waals surface area contributed by atoms with Crippen LogP contribution in [0.25, 0.3) is 0 Å². The molecular weight excluding hydrogens is 274 g/mol. The van der Waals surface area contributed by atoms with Gasteiger partial charge in [0.25, 0.3) is 5.91 Å². The quantitative estimate of drug-likeness (QED) is 0.762. The molecule has 1 atom stereocenters. The molecule has 0 aliphatic rings. The second-order valence-corrected chi connectivity index (χ2v) is 4.53. The van der Waals surface area contributed by atoms with E-state index in [1.54, 1.807) is 24.0 Å². The van der Waals surface area contributed by atoms with Crippen molar-refractivity contribution >= 4 is 5.91 Å². The van der Waals surface area contributed by atoms with E-state index in [1.165, 1.54) is 25.3 Å². The van der Waals surface area contributed by atoms with Gasteiger partial charge in [-0.05, 0) is 18.2 Å². The van der Waals surface area contributed by atoms with E-state index in [2.05, 4.69) is 10.4 Å². The van der Waals surface area contributed by atoms with Gasteiger partial charge in [0.2, 0.25) is 0 Å². The molecule has 3 N–H and O–H groups in total. The van der Waals surface area contributed by atoms with Crippen LogP contribution in [0.1, 0.15) is 22.1 Å². The molecular formula is C14H17N3O4. The third kappa shape index (κ3) is 3.14. The molecule has 1 aromatic carbocycles. The number of ether oxygens (including phenoxy) is 1. The average molecular weight is 291 g/mol. The zero-order valence-electron chi connectivity index (χ0n) is 11.8. The van der Waals surface area contributed by atoms with Gasteiger partial charge in [-0.2, -0.15) is 5.10 Å². The molecule has 0 aliphatic heterocycles. The number of aromatic nitrogens is 2. The van der Waals surface area contributed by atoms with Crippen molar-refractivity contribution in [3.05, 3.63) is 41.7 Å². The van der Waals surface area contributed by atoms with Crippen LogP contribution < -0.4 is 5.32 Å². The fourth-order valence-electron chi connectivity index (χ4n) is 2.08. The van der Waals surface area contributed by atoms with Crippen molar-refractivity contribution in [2.75, 3.05) is 13.7 Å². The molecule has 0 spiro atoms. The molecule has 2 rings (SSSR count). The van der Waals surface area contributed by atoms with Crippen molar-refractivity contribution < 1.29 is 19.7 Å². The molecule has 0 radical (unpaired) electrons. The van der Waals surface area contributed by atoms with Gasteiger partial charge < -0.3 is 20.3 Å². The minimum Gasteiger partial charge on any atom is -0.507 e. The standard InChI is InChI=1S/C14H17N3O4/c1-17-10(6-7-15-17)9(8-21-2)16-14(20)13-11(18)4-3-5-12(13)19/h3-7,9,18-19H,8H2,1-2H3,(H,16,20). The molecule has 1 amide bonds. The SMILES string of the molecule is COCC(NC(=O)c1c(O)cccc1O)c1ccnn1C. The third-order valence-corrected chi connectivity index (χ3v) is 3.10. The minimum atomic E-state index is -0.589. The number of benzene rings is 1. The van der Waals surface area contributed by atoms with Crippen molar-refractivity contribution in [3.63, 3.8) is 0 Å². The number of phenolic OH excluding ortho intramolecular Hbond substituents is 2. The number of carbonyl (C=O) groups is 1. The Morgan fingerprint density at radius 2 is 2.05 bits per heavy atom. The topological polar surface area (TPSA) is 96.6 Å². The van der Waals surface area contributed by atoms with E-state index in [1.807, 2.05) is 0 Å². The van der Waals surface area contributed by atoms with Crippen LogP contribution in [-0.2, 0) is 11.8 Å². The molecule has 0 saturated heterocycles. The molecule has 0 bridgehead atoms. The molecule has 21 heavy (non-hydrogen) atoms. The average Bonchev–Trinajstić information content (AvgIpc) is 2.84. The number of rotatable bonds is 5. The Bertz CT molecular complexity index is 619. The summed E-state index contributed by atoms with van der Waals surface area (Å²) >= 11 is 0. The maximum Gasteiger partial charge on any atom is 0.259 e. The van der Waals surface area contributed by atoms with E-state index in [0.717, 1.165) is 5.69 Å². The molecule has 1 aromatic heterocycles. The second kappa shape index (κ2) is 6.27. The van der Waals surface area contributed by atoms with E-state index in [-0.39, 0.29) is 23.7 Å². The normalized spacial score (nSPS) is 12.1. The third-order valence-electron chi connectivity index (χ3n) is 3.10. The lowest BCUT2D eigenvalue weighted by Gasteiger charge is -2.19. The number of nitrogens with zero attached hydrogens (tertiary/aromatic N) is 2. The zero-order valence-corrected chi connectivity index (χ0v) is 11.8. The molecule has 2 aromatic rings. The van der Waals surface area contributed by atoms with Crippen LogP contribution in [0.15, 0.2) is 30.5 Å². The van der Waals surface area contributed by atoms with Crippen molar-refractivity contribution in [2.45, 2.75) is 6.04 Å². The maximum atomic E-state index is 12.3. The summed E-state index contributed by atoms with van der Waals surface area (Å²) in [5, 5.41) is 26.2. The van der Waals surface area contributed by atoms with Crippen molar-refractivity contribution in [1.82, 2.24) is 15.1 Å². The number of methoxy groups -OCH3 is 1. The summed E-state index contributed by atoms with van der Waals surface area (Å²) in [5.41, 5.74) is 0.584. The highest BCUT2D eigenvalue weighted by atomic mass is 16.5. The molecule has 112 valence electrons. The molecule has 0 saturated carbocycles. The Morgan fingerprint density at radius 3 is 2.57 bits per heavy atom. The number of hydrogen-bond acceptors (Lipinski definition) is 5. The Labute approximate surface area is 121 Å². The minimum absolute atomic E-state index is 0.166. The Balaban J connectivity index is 2.25. The van der Waals surface area contributed by atoms with Gasteiger partial charge in [0.05, 0.1) is 18.3 Å². The summed E-state index contributed by atoms with van der Waals surface area (Å²) in [6.45, 7) is 0.236. The Kier molecular flexibility index (Phi) is 4.44. The van der Waals surface area contributed by atoms with E-state index < -0.39 is 11.9 Å². The van der Waals surface area contributed by atoms with E-state index in [9.17, 15) is 15.0 Å². The van der Waals surface area contributed by atoms with Crippen LogP contribution in [0.3, 0.4) is 0 Å². The molecule has 1 heterocycles. The highest BCUT2D eigenvalue weighted by Crippen LogP contribution is 2.26. The summed E-state index contributed by atoms with van der Waals surface area (Å²) in [6, 6.07) is 5.44. The van der Waals surface area contributed by atoms with Crippen LogP contribution in [-0.4, -0.2) is 39.6 Å². The van der Waals surface area contributed by atoms with E-state index in [0.29, 0.717) is 0 Å². The van der Waals surface area contributed by atoms with Crippen molar-refractivity contribution in [3.8, 4) is 11.5 Å². The molecule has 7 heteroatoms. The van der Waals surface area contributed by atoms with Gasteiger partial charge >= 0.3 is 0 Å². The highest BCUT2D eigenvalue weighted by Gasteiger charge is 2.22. The lowest BCUT2D eigenvalue weighted by Crippen LogP contribution is -2.32. The first kappa shape index (κ1) is 14.9. The first-order valence-electron chi connectivity index (χ1n) is 6.33. The van der Waals surface area contributed by atoms with Gasteiger partial charge in [0.15, 0.2) is 0 Å². The second-order valence-electron chi connectivity index (χ2n) is 4.53.